The van der Waals surface area contributed by atoms with E-state index >= 15 is 0 Å². The van der Waals surface area contributed by atoms with Crippen LogP contribution < -0.4 is 15.4 Å². The van der Waals surface area contributed by atoms with Crippen LogP contribution in [0.5, 0.6) is 5.75 Å². The van der Waals surface area contributed by atoms with E-state index in [9.17, 15) is 4.79 Å². The van der Waals surface area contributed by atoms with Crippen molar-refractivity contribution in [2.75, 3.05) is 11.9 Å². The number of carbonyl (C=O) groups is 1. The predicted octanol–water partition coefficient (Wildman–Crippen LogP) is 4.52. The van der Waals surface area contributed by atoms with E-state index in [-0.39, 0.29) is 11.0 Å². The molecular weight excluding hydrogens is 355 g/mol. The fourth-order valence-electron chi connectivity index (χ4n) is 1.79. The number of anilines is 1. The molecule has 2 aromatic carbocycles. The molecule has 0 unspecified atom stereocenters. The van der Waals surface area contributed by atoms with E-state index in [1.165, 1.54) is 0 Å². The maximum Gasteiger partial charge on any atom is 0.257 e. The number of hydrogen-bond acceptors (Lipinski definition) is 3. The van der Waals surface area contributed by atoms with Crippen LogP contribution >= 0.6 is 35.4 Å². The Morgan fingerprint density at radius 3 is 2.52 bits per heavy atom. The zero-order chi connectivity index (χ0) is 16.8. The maximum absolute atomic E-state index is 12.1. The molecule has 7 heteroatoms. The van der Waals surface area contributed by atoms with Crippen molar-refractivity contribution in [2.24, 2.45) is 0 Å². The quantitative estimate of drug-likeness (QED) is 0.779. The van der Waals surface area contributed by atoms with Gasteiger partial charge in [-0.2, -0.15) is 0 Å². The Balaban J connectivity index is 1.99. The van der Waals surface area contributed by atoms with Gasteiger partial charge in [-0.1, -0.05) is 23.2 Å². The first kappa shape index (κ1) is 17.5. The van der Waals surface area contributed by atoms with Gasteiger partial charge in [-0.25, -0.2) is 0 Å². The molecule has 0 spiro atoms. The minimum atomic E-state index is -0.330. The molecular formula is C16H14Cl2N2O2S. The van der Waals surface area contributed by atoms with Crippen molar-refractivity contribution < 1.29 is 9.53 Å². The molecule has 2 rings (SSSR count). The predicted molar refractivity (Wildman–Crippen MR) is 97.8 cm³/mol. The summed E-state index contributed by atoms with van der Waals surface area (Å²) in [5.41, 5.74) is 0.992. The van der Waals surface area contributed by atoms with Gasteiger partial charge >= 0.3 is 0 Å². The first-order valence-electron chi connectivity index (χ1n) is 6.80. The third kappa shape index (κ3) is 5.10. The van der Waals surface area contributed by atoms with Gasteiger partial charge in [-0.15, -0.1) is 0 Å². The molecule has 2 aromatic rings. The summed E-state index contributed by atoms with van der Waals surface area (Å²) in [4.78, 5) is 12.1. The van der Waals surface area contributed by atoms with Crippen LogP contribution in [0.3, 0.4) is 0 Å². The van der Waals surface area contributed by atoms with Crippen LogP contribution in [0.2, 0.25) is 10.0 Å². The number of amides is 1. The number of benzene rings is 2. The summed E-state index contributed by atoms with van der Waals surface area (Å²) in [5, 5.41) is 6.52. The fraction of sp³-hybridized carbons (Fsp3) is 0.125. The first-order valence-corrected chi connectivity index (χ1v) is 7.96. The van der Waals surface area contributed by atoms with Crippen LogP contribution in [0.4, 0.5) is 5.69 Å². The molecule has 4 nitrogen and oxygen atoms in total. The van der Waals surface area contributed by atoms with Gasteiger partial charge in [0.25, 0.3) is 5.91 Å². The standard InChI is InChI=1S/C16H14Cl2N2O2S/c1-2-22-12-6-3-10(4-7-12)15(21)20-16(23)19-14-9-11(17)5-8-13(14)18/h3-9H,2H2,1H3,(H2,19,20,21,23). The molecule has 0 aliphatic carbocycles. The van der Waals surface area contributed by atoms with E-state index in [4.69, 9.17) is 40.2 Å². The highest BCUT2D eigenvalue weighted by molar-refractivity contribution is 7.80. The molecule has 0 aliphatic rings. The Hall–Kier alpha value is -1.82. The van der Waals surface area contributed by atoms with E-state index in [0.29, 0.717) is 33.7 Å². The van der Waals surface area contributed by atoms with Crippen molar-refractivity contribution in [1.82, 2.24) is 5.32 Å². The second-order valence-electron chi connectivity index (χ2n) is 4.49. The highest BCUT2D eigenvalue weighted by Crippen LogP contribution is 2.25. The number of thiocarbonyl (C=S) groups is 1. The van der Waals surface area contributed by atoms with Crippen molar-refractivity contribution in [3.8, 4) is 5.75 Å². The van der Waals surface area contributed by atoms with Gasteiger partial charge in [0, 0.05) is 10.6 Å². The van der Waals surface area contributed by atoms with Crippen LogP contribution in [-0.4, -0.2) is 17.6 Å². The van der Waals surface area contributed by atoms with E-state index in [2.05, 4.69) is 10.6 Å². The molecule has 0 aliphatic heterocycles. The average Bonchev–Trinajstić information content (AvgIpc) is 2.52. The molecule has 0 fully saturated rings. The Kier molecular flexibility index (Phi) is 6.21. The second kappa shape index (κ2) is 8.15. The van der Waals surface area contributed by atoms with Gasteiger partial charge in [-0.05, 0) is 61.6 Å². The molecule has 1 amide bonds. The van der Waals surface area contributed by atoms with Crippen molar-refractivity contribution in [2.45, 2.75) is 6.92 Å². The Morgan fingerprint density at radius 1 is 1.17 bits per heavy atom. The van der Waals surface area contributed by atoms with Gasteiger partial charge in [0.05, 0.1) is 17.3 Å². The van der Waals surface area contributed by atoms with Crippen molar-refractivity contribution in [1.29, 1.82) is 0 Å². The van der Waals surface area contributed by atoms with Crippen LogP contribution in [0, 0.1) is 0 Å². The maximum atomic E-state index is 12.1. The minimum absolute atomic E-state index is 0.132. The normalized spacial score (nSPS) is 10.0. The number of hydrogen-bond donors (Lipinski definition) is 2. The molecule has 0 bridgehead atoms. The van der Waals surface area contributed by atoms with Crippen LogP contribution in [-0.2, 0) is 0 Å². The van der Waals surface area contributed by atoms with Gasteiger partial charge in [0.15, 0.2) is 5.11 Å². The highest BCUT2D eigenvalue weighted by atomic mass is 35.5. The summed E-state index contributed by atoms with van der Waals surface area (Å²) >= 11 is 17.0. The largest absolute Gasteiger partial charge is 0.494 e. The minimum Gasteiger partial charge on any atom is -0.494 e. The lowest BCUT2D eigenvalue weighted by Crippen LogP contribution is -2.34. The average molecular weight is 369 g/mol. The van der Waals surface area contributed by atoms with Crippen molar-refractivity contribution in [3.63, 3.8) is 0 Å². The number of ether oxygens (including phenoxy) is 1. The number of carbonyl (C=O) groups excluding carboxylic acids is 1. The van der Waals surface area contributed by atoms with Crippen molar-refractivity contribution >= 4 is 52.1 Å². The molecule has 0 saturated carbocycles. The third-order valence-electron chi connectivity index (χ3n) is 2.83. The van der Waals surface area contributed by atoms with E-state index in [1.807, 2.05) is 6.92 Å². The molecule has 0 radical (unpaired) electrons. The lowest BCUT2D eigenvalue weighted by Gasteiger charge is -2.11. The zero-order valence-corrected chi connectivity index (χ0v) is 14.6. The topological polar surface area (TPSA) is 50.4 Å². The SMILES string of the molecule is CCOc1ccc(C(=O)NC(=S)Nc2cc(Cl)ccc2Cl)cc1. The summed E-state index contributed by atoms with van der Waals surface area (Å²) in [6, 6.07) is 11.7. The highest BCUT2D eigenvalue weighted by Gasteiger charge is 2.09. The second-order valence-corrected chi connectivity index (χ2v) is 5.74. The van der Waals surface area contributed by atoms with E-state index in [0.717, 1.165) is 0 Å². The molecule has 23 heavy (non-hydrogen) atoms. The van der Waals surface area contributed by atoms with Crippen LogP contribution in [0.1, 0.15) is 17.3 Å². The lowest BCUT2D eigenvalue weighted by atomic mass is 10.2. The summed E-state index contributed by atoms with van der Waals surface area (Å²) in [5.74, 6) is 0.374. The zero-order valence-electron chi connectivity index (χ0n) is 12.2. The molecule has 0 heterocycles. The molecule has 120 valence electrons. The van der Waals surface area contributed by atoms with Crippen LogP contribution in [0.25, 0.3) is 0 Å². The first-order chi connectivity index (χ1) is 11.0. The third-order valence-corrected chi connectivity index (χ3v) is 3.60. The van der Waals surface area contributed by atoms with Gasteiger partial charge in [-0.3, -0.25) is 10.1 Å². The molecule has 0 atom stereocenters. The van der Waals surface area contributed by atoms with E-state index in [1.54, 1.807) is 42.5 Å². The van der Waals surface area contributed by atoms with E-state index < -0.39 is 0 Å². The van der Waals surface area contributed by atoms with Gasteiger partial charge in [0.2, 0.25) is 0 Å². The number of nitrogens with one attached hydrogen (secondary N) is 2. The Morgan fingerprint density at radius 2 is 1.87 bits per heavy atom. The fourth-order valence-corrected chi connectivity index (χ4v) is 2.33. The number of rotatable bonds is 4. The summed E-state index contributed by atoms with van der Waals surface area (Å²) < 4.78 is 5.33. The van der Waals surface area contributed by atoms with Gasteiger partial charge < -0.3 is 10.1 Å². The Bertz CT molecular complexity index is 721. The summed E-state index contributed by atoms with van der Waals surface area (Å²) in [6.07, 6.45) is 0. The molecule has 0 saturated heterocycles. The van der Waals surface area contributed by atoms with Crippen molar-refractivity contribution in [3.05, 3.63) is 58.1 Å². The molecule has 2 N–H and O–H groups in total. The Labute approximate surface area is 149 Å². The lowest BCUT2D eigenvalue weighted by molar-refractivity contribution is 0.0977. The van der Waals surface area contributed by atoms with Crippen LogP contribution in [0.15, 0.2) is 42.5 Å². The smallest absolute Gasteiger partial charge is 0.257 e. The van der Waals surface area contributed by atoms with Gasteiger partial charge in [0.1, 0.15) is 5.75 Å². The summed E-state index contributed by atoms with van der Waals surface area (Å²) in [7, 11) is 0. The molecule has 0 aromatic heterocycles. The number of halogens is 2. The monoisotopic (exact) mass is 368 g/mol. The summed E-state index contributed by atoms with van der Waals surface area (Å²) in [6.45, 7) is 2.46.